The fourth-order valence-corrected chi connectivity index (χ4v) is 5.25. The fourth-order valence-electron chi connectivity index (χ4n) is 3.72. The number of amides is 1. The Kier molecular flexibility index (Phi) is 5.62. The maximum Gasteiger partial charge on any atom is 0.290 e. The third-order valence-corrected chi connectivity index (χ3v) is 7.12. The van der Waals surface area contributed by atoms with E-state index < -0.39 is 26.5 Å². The van der Waals surface area contributed by atoms with Gasteiger partial charge >= 0.3 is 0 Å². The highest BCUT2D eigenvalue weighted by molar-refractivity contribution is 7.89. The number of carbonyl (C=O) groups excluding carboxylic acids is 1. The Hall–Kier alpha value is -2.34. The van der Waals surface area contributed by atoms with Crippen LogP contribution in [-0.4, -0.2) is 78.3 Å². The lowest BCUT2D eigenvalue weighted by Crippen LogP contribution is -2.59. The molecule has 0 aliphatic carbocycles. The molecule has 1 amide bonds. The van der Waals surface area contributed by atoms with Gasteiger partial charge in [-0.25, -0.2) is 17.8 Å². The average Bonchev–Trinajstić information content (AvgIpc) is 3.05. The summed E-state index contributed by atoms with van der Waals surface area (Å²) in [4.78, 5) is 18.2. The summed E-state index contributed by atoms with van der Waals surface area (Å²) < 4.78 is 54.8. The Balaban J connectivity index is 1.59. The van der Waals surface area contributed by atoms with E-state index in [4.69, 9.17) is 9.47 Å². The second-order valence-corrected chi connectivity index (χ2v) is 9.22. The number of aryl methyl sites for hydroxylation is 1. The average molecular weight is 438 g/mol. The lowest BCUT2D eigenvalue weighted by atomic mass is 10.2. The first kappa shape index (κ1) is 20.9. The van der Waals surface area contributed by atoms with Gasteiger partial charge in [-0.1, -0.05) is 12.1 Å². The van der Waals surface area contributed by atoms with Crippen molar-refractivity contribution in [3.63, 3.8) is 0 Å². The summed E-state index contributed by atoms with van der Waals surface area (Å²) in [6.45, 7) is 0.762. The zero-order valence-electron chi connectivity index (χ0n) is 16.5. The maximum atomic E-state index is 14.2. The van der Waals surface area contributed by atoms with Gasteiger partial charge in [-0.05, 0) is 18.6 Å². The molecule has 0 N–H and O–H groups in total. The molecule has 1 aromatic heterocycles. The van der Waals surface area contributed by atoms with Gasteiger partial charge in [0.05, 0.1) is 26.3 Å². The molecular weight excluding hydrogens is 415 g/mol. The Morgan fingerprint density at radius 3 is 2.67 bits per heavy atom. The highest BCUT2D eigenvalue weighted by atomic mass is 32.2. The monoisotopic (exact) mass is 438 g/mol. The molecule has 0 saturated carbocycles. The lowest BCUT2D eigenvalue weighted by Gasteiger charge is -2.42. The van der Waals surface area contributed by atoms with Gasteiger partial charge < -0.3 is 18.9 Å². The van der Waals surface area contributed by atoms with E-state index in [0.29, 0.717) is 19.6 Å². The minimum Gasteiger partial charge on any atom is -0.347 e. The van der Waals surface area contributed by atoms with Gasteiger partial charge in [0, 0.05) is 32.5 Å². The molecule has 0 bridgehead atoms. The van der Waals surface area contributed by atoms with Gasteiger partial charge in [0.2, 0.25) is 10.0 Å². The predicted octanol–water partition coefficient (Wildman–Crippen LogP) is 0.839. The van der Waals surface area contributed by atoms with Crippen LogP contribution in [-0.2, 0) is 26.5 Å². The number of aromatic nitrogens is 2. The van der Waals surface area contributed by atoms with Crippen molar-refractivity contribution in [2.75, 3.05) is 39.4 Å². The van der Waals surface area contributed by atoms with Crippen LogP contribution in [0, 0.1) is 5.82 Å². The van der Waals surface area contributed by atoms with Gasteiger partial charge in [0.15, 0.2) is 11.6 Å². The zero-order chi connectivity index (χ0) is 21.4. The standard InChI is InChI=1S/C19H23FN4O5S/c1-22-9-7-21-17(22)18(25)23-8-4-11-28-19(13-23)14-24(10-12-29-19)30(26,27)16-6-3-2-5-15(16)20/h2-3,5-7,9H,4,8,10-14H2,1H3. The summed E-state index contributed by atoms with van der Waals surface area (Å²) in [5.41, 5.74) is 0. The van der Waals surface area contributed by atoms with Crippen molar-refractivity contribution in [1.82, 2.24) is 18.8 Å². The molecule has 1 unspecified atom stereocenters. The Morgan fingerprint density at radius 1 is 1.17 bits per heavy atom. The number of ether oxygens (including phenoxy) is 2. The quantitative estimate of drug-likeness (QED) is 0.705. The van der Waals surface area contributed by atoms with Crippen LogP contribution in [0.15, 0.2) is 41.6 Å². The van der Waals surface area contributed by atoms with Crippen molar-refractivity contribution in [2.45, 2.75) is 17.1 Å². The molecule has 2 fully saturated rings. The number of hydrogen-bond acceptors (Lipinski definition) is 6. The molecule has 2 saturated heterocycles. The van der Waals surface area contributed by atoms with Crippen LogP contribution in [0.5, 0.6) is 0 Å². The first-order valence-electron chi connectivity index (χ1n) is 9.62. The molecule has 11 heteroatoms. The zero-order valence-corrected chi connectivity index (χ0v) is 17.3. The van der Waals surface area contributed by atoms with Crippen LogP contribution >= 0.6 is 0 Å². The molecule has 30 heavy (non-hydrogen) atoms. The van der Waals surface area contributed by atoms with Crippen LogP contribution in [0.2, 0.25) is 0 Å². The summed E-state index contributed by atoms with van der Waals surface area (Å²) in [7, 11) is -2.36. The van der Waals surface area contributed by atoms with E-state index in [0.717, 1.165) is 10.4 Å². The second-order valence-electron chi connectivity index (χ2n) is 7.32. The molecular formula is C19H23FN4O5S. The number of rotatable bonds is 3. The normalized spacial score (nSPS) is 23.5. The maximum absolute atomic E-state index is 14.2. The minimum atomic E-state index is -4.09. The molecule has 1 atom stereocenters. The van der Waals surface area contributed by atoms with Crippen LogP contribution < -0.4 is 0 Å². The van der Waals surface area contributed by atoms with E-state index in [2.05, 4.69) is 4.98 Å². The number of morpholine rings is 1. The molecule has 9 nitrogen and oxygen atoms in total. The van der Waals surface area contributed by atoms with Crippen LogP contribution in [0.4, 0.5) is 4.39 Å². The molecule has 162 valence electrons. The Labute approximate surface area is 174 Å². The van der Waals surface area contributed by atoms with Crippen LogP contribution in [0.3, 0.4) is 0 Å². The van der Waals surface area contributed by atoms with Crippen molar-refractivity contribution < 1.29 is 27.1 Å². The minimum absolute atomic E-state index is 0.0436. The van der Waals surface area contributed by atoms with E-state index in [-0.39, 0.29) is 38.0 Å². The molecule has 2 aliphatic heterocycles. The van der Waals surface area contributed by atoms with Gasteiger partial charge in [-0.2, -0.15) is 4.31 Å². The number of carbonyl (C=O) groups is 1. The first-order chi connectivity index (χ1) is 14.3. The van der Waals surface area contributed by atoms with Crippen molar-refractivity contribution in [2.24, 2.45) is 7.05 Å². The van der Waals surface area contributed by atoms with Crippen molar-refractivity contribution in [3.8, 4) is 0 Å². The topological polar surface area (TPSA) is 94.0 Å². The molecule has 3 heterocycles. The highest BCUT2D eigenvalue weighted by Gasteiger charge is 2.46. The van der Waals surface area contributed by atoms with Gasteiger partial charge in [-0.15, -0.1) is 0 Å². The van der Waals surface area contributed by atoms with E-state index >= 15 is 0 Å². The number of halogens is 1. The Morgan fingerprint density at radius 2 is 1.93 bits per heavy atom. The molecule has 0 radical (unpaired) electrons. The SMILES string of the molecule is Cn1ccnc1C(=O)N1CCCOC2(C1)CN(S(=O)(=O)c1ccccc1F)CCO2. The lowest BCUT2D eigenvalue weighted by molar-refractivity contribution is -0.255. The predicted molar refractivity (Wildman–Crippen MR) is 104 cm³/mol. The van der Waals surface area contributed by atoms with Gasteiger partial charge in [0.25, 0.3) is 5.91 Å². The number of nitrogens with zero attached hydrogens (tertiary/aromatic N) is 4. The molecule has 1 aromatic carbocycles. The first-order valence-corrected chi connectivity index (χ1v) is 11.1. The number of sulfonamides is 1. The van der Waals surface area contributed by atoms with Crippen molar-refractivity contribution in [1.29, 1.82) is 0 Å². The molecule has 2 aromatic rings. The summed E-state index contributed by atoms with van der Waals surface area (Å²) in [6.07, 6.45) is 3.79. The van der Waals surface area contributed by atoms with Crippen molar-refractivity contribution in [3.05, 3.63) is 48.3 Å². The second kappa shape index (κ2) is 8.06. The molecule has 4 rings (SSSR count). The summed E-state index contributed by atoms with van der Waals surface area (Å²) >= 11 is 0. The van der Waals surface area contributed by atoms with Crippen LogP contribution in [0.25, 0.3) is 0 Å². The van der Waals surface area contributed by atoms with E-state index in [9.17, 15) is 17.6 Å². The van der Waals surface area contributed by atoms with Crippen molar-refractivity contribution >= 4 is 15.9 Å². The summed E-state index contributed by atoms with van der Waals surface area (Å²) in [5.74, 6) is -2.15. The third kappa shape index (κ3) is 3.85. The summed E-state index contributed by atoms with van der Waals surface area (Å²) in [5, 5.41) is 0. The fraction of sp³-hybridized carbons (Fsp3) is 0.474. The molecule has 1 spiro atoms. The van der Waals surface area contributed by atoms with Crippen LogP contribution in [0.1, 0.15) is 17.0 Å². The van der Waals surface area contributed by atoms with E-state index in [1.165, 1.54) is 24.4 Å². The van der Waals surface area contributed by atoms with Gasteiger partial charge in [-0.3, -0.25) is 4.79 Å². The van der Waals surface area contributed by atoms with E-state index in [1.807, 2.05) is 0 Å². The number of hydrogen-bond donors (Lipinski definition) is 0. The number of imidazole rings is 1. The number of benzene rings is 1. The Bertz CT molecular complexity index is 1040. The van der Waals surface area contributed by atoms with Gasteiger partial charge in [0.1, 0.15) is 10.7 Å². The smallest absolute Gasteiger partial charge is 0.290 e. The third-order valence-electron chi connectivity index (χ3n) is 5.25. The molecule has 2 aliphatic rings. The highest BCUT2D eigenvalue weighted by Crippen LogP contribution is 2.29. The van der Waals surface area contributed by atoms with E-state index in [1.54, 1.807) is 22.7 Å². The summed E-state index contributed by atoms with van der Waals surface area (Å²) in [6, 6.07) is 5.25. The largest absolute Gasteiger partial charge is 0.347 e.